The molecule has 10 nitrogen and oxygen atoms in total. The third-order valence-corrected chi connectivity index (χ3v) is 9.89. The Hall–Kier alpha value is -5.32. The summed E-state index contributed by atoms with van der Waals surface area (Å²) in [4.78, 5) is 47.4. The van der Waals surface area contributed by atoms with Gasteiger partial charge < -0.3 is 31.2 Å². The molecule has 242 valence electrons. The number of nitrogens with one attached hydrogen (secondary N) is 2. The van der Waals surface area contributed by atoms with Crippen LogP contribution in [0, 0.1) is 0 Å². The molecule has 1 unspecified atom stereocenters. The van der Waals surface area contributed by atoms with Gasteiger partial charge in [-0.2, -0.15) is 0 Å². The molecule has 2 aliphatic heterocycles. The summed E-state index contributed by atoms with van der Waals surface area (Å²) in [5.74, 6) is 1.40. The normalized spacial score (nSPS) is 19.3. The Balaban J connectivity index is 1.02. The zero-order chi connectivity index (χ0) is 32.8. The molecule has 0 aliphatic carbocycles. The molecular weight excluding hydrogens is 600 g/mol. The second kappa shape index (κ2) is 12.4. The highest BCUT2D eigenvalue weighted by atomic mass is 16.2. The average molecular weight is 639 g/mol. The van der Waals surface area contributed by atoms with Gasteiger partial charge in [0.2, 0.25) is 11.8 Å². The summed E-state index contributed by atoms with van der Waals surface area (Å²) in [5, 5.41) is 0. The number of nitrogens with zero attached hydrogens (tertiary/aromatic N) is 4. The number of nitrogens with two attached hydrogens (primary N) is 2. The Labute approximate surface area is 278 Å². The van der Waals surface area contributed by atoms with Gasteiger partial charge in [0.15, 0.2) is 0 Å². The van der Waals surface area contributed by atoms with Gasteiger partial charge in [-0.25, -0.2) is 9.97 Å². The van der Waals surface area contributed by atoms with Crippen molar-refractivity contribution in [3.05, 3.63) is 120 Å². The number of fused-ring (bicyclic) bond motifs is 2. The number of hydrogen-bond donors (Lipinski definition) is 4. The summed E-state index contributed by atoms with van der Waals surface area (Å²) >= 11 is 0. The number of benzene rings is 4. The van der Waals surface area contributed by atoms with Crippen LogP contribution in [0.4, 0.5) is 0 Å². The smallest absolute Gasteiger partial charge is 0.244 e. The third kappa shape index (κ3) is 5.42. The first-order chi connectivity index (χ1) is 23.4. The van der Waals surface area contributed by atoms with Crippen molar-refractivity contribution in [2.45, 2.75) is 49.9 Å². The first kappa shape index (κ1) is 30.0. The molecule has 2 aromatic heterocycles. The van der Waals surface area contributed by atoms with Crippen molar-refractivity contribution in [2.24, 2.45) is 11.5 Å². The summed E-state index contributed by atoms with van der Waals surface area (Å²) in [5.41, 5.74) is 20.0. The van der Waals surface area contributed by atoms with Crippen molar-refractivity contribution in [3.63, 3.8) is 0 Å². The molecule has 2 saturated heterocycles. The lowest BCUT2D eigenvalue weighted by Gasteiger charge is -2.26. The van der Waals surface area contributed by atoms with Crippen LogP contribution in [0.25, 0.3) is 33.2 Å². The van der Waals surface area contributed by atoms with E-state index in [1.165, 1.54) is 0 Å². The van der Waals surface area contributed by atoms with Crippen LogP contribution < -0.4 is 11.5 Å². The summed E-state index contributed by atoms with van der Waals surface area (Å²) in [6, 6.07) is 29.7. The van der Waals surface area contributed by atoms with E-state index in [1.54, 1.807) is 0 Å². The largest absolute Gasteiger partial charge is 0.340 e. The minimum atomic E-state index is -0.704. The fourth-order valence-electron chi connectivity index (χ4n) is 7.33. The summed E-state index contributed by atoms with van der Waals surface area (Å²) in [6.45, 7) is 1.32. The SMILES string of the molecule is NC(C(=O)N1CCC[C@H]1c1nc2ccc(-c3ccc4nc([C@@H]5CCCN5C(=O)[C@H](N)c5ccccc5)[nH]c4c3)cc2[nH]1)c1ccccc1. The van der Waals surface area contributed by atoms with Gasteiger partial charge in [0.05, 0.1) is 34.2 Å². The van der Waals surface area contributed by atoms with Crippen LogP contribution in [0.3, 0.4) is 0 Å². The van der Waals surface area contributed by atoms with Gasteiger partial charge in [-0.3, -0.25) is 9.59 Å². The topological polar surface area (TPSA) is 150 Å². The van der Waals surface area contributed by atoms with E-state index in [9.17, 15) is 9.59 Å². The Kier molecular flexibility index (Phi) is 7.74. The third-order valence-electron chi connectivity index (χ3n) is 9.89. The second-order valence-electron chi connectivity index (χ2n) is 12.9. The number of aromatic nitrogens is 4. The highest BCUT2D eigenvalue weighted by Gasteiger charge is 2.36. The highest BCUT2D eigenvalue weighted by Crippen LogP contribution is 2.36. The fraction of sp³-hybridized carbons (Fsp3) is 0.263. The van der Waals surface area contributed by atoms with Gasteiger partial charge in [0, 0.05) is 13.1 Å². The van der Waals surface area contributed by atoms with Gasteiger partial charge >= 0.3 is 0 Å². The van der Waals surface area contributed by atoms with Gasteiger partial charge in [-0.1, -0.05) is 72.8 Å². The number of carbonyl (C=O) groups excluding carboxylic acids is 2. The molecule has 10 heteroatoms. The average Bonchev–Trinajstić information content (AvgIpc) is 3.95. The Morgan fingerprint density at radius 3 is 1.46 bits per heavy atom. The zero-order valence-electron chi connectivity index (χ0n) is 26.5. The molecule has 4 heterocycles. The molecule has 0 bridgehead atoms. The van der Waals surface area contributed by atoms with Gasteiger partial charge in [0.1, 0.15) is 23.7 Å². The molecule has 8 rings (SSSR count). The van der Waals surface area contributed by atoms with E-state index >= 15 is 0 Å². The maximum absolute atomic E-state index is 13.4. The van der Waals surface area contributed by atoms with E-state index < -0.39 is 12.1 Å². The lowest BCUT2D eigenvalue weighted by molar-refractivity contribution is -0.134. The molecule has 0 radical (unpaired) electrons. The number of rotatable bonds is 7. The predicted molar refractivity (Wildman–Crippen MR) is 185 cm³/mol. The van der Waals surface area contributed by atoms with Crippen LogP contribution >= 0.6 is 0 Å². The van der Waals surface area contributed by atoms with Gasteiger partial charge in [0.25, 0.3) is 0 Å². The van der Waals surface area contributed by atoms with Crippen molar-refractivity contribution >= 4 is 33.9 Å². The molecule has 4 atom stereocenters. The van der Waals surface area contributed by atoms with Crippen LogP contribution in [-0.4, -0.2) is 54.6 Å². The molecule has 2 fully saturated rings. The lowest BCUT2D eigenvalue weighted by Crippen LogP contribution is -2.38. The predicted octanol–water partition coefficient (Wildman–Crippen LogP) is 5.83. The van der Waals surface area contributed by atoms with Crippen molar-refractivity contribution in [1.29, 1.82) is 0 Å². The first-order valence-electron chi connectivity index (χ1n) is 16.7. The molecule has 4 aromatic carbocycles. The first-order valence-corrected chi connectivity index (χ1v) is 16.7. The van der Waals surface area contributed by atoms with E-state index in [2.05, 4.69) is 34.2 Å². The molecular formula is C38H38N8O2. The number of aromatic amines is 2. The molecule has 2 aliphatic rings. The van der Waals surface area contributed by atoms with E-state index in [-0.39, 0.29) is 23.9 Å². The van der Waals surface area contributed by atoms with E-state index in [0.29, 0.717) is 13.1 Å². The quantitative estimate of drug-likeness (QED) is 0.173. The maximum Gasteiger partial charge on any atom is 0.244 e. The molecule has 2 amide bonds. The highest BCUT2D eigenvalue weighted by molar-refractivity contribution is 5.88. The standard InChI is InChI=1S/C38H38N8O2/c39-33(23-9-3-1-4-10-23)37(47)45-19-7-13-31(45)35-41-27-17-15-25(21-29(27)43-35)26-16-18-28-30(22-26)44-36(42-28)32-14-8-20-46(32)38(48)34(40)24-11-5-2-6-12-24/h1-6,9-12,15-18,21-22,31-34H,7-8,13-14,19-20,39-40H2,(H,41,43)(H,42,44)/t31-,32-,33+,34?/m0/s1. The van der Waals surface area contributed by atoms with Crippen LogP contribution in [0.2, 0.25) is 0 Å². The fourth-order valence-corrected chi connectivity index (χ4v) is 7.33. The number of amides is 2. The van der Waals surface area contributed by atoms with Crippen molar-refractivity contribution in [2.75, 3.05) is 13.1 Å². The monoisotopic (exact) mass is 638 g/mol. The molecule has 0 saturated carbocycles. The van der Waals surface area contributed by atoms with Gasteiger partial charge in [-0.15, -0.1) is 0 Å². The minimum Gasteiger partial charge on any atom is -0.340 e. The number of likely N-dealkylation sites (tertiary alicyclic amines) is 2. The minimum absolute atomic E-state index is 0.0822. The van der Waals surface area contributed by atoms with Gasteiger partial charge in [-0.05, 0) is 72.2 Å². The van der Waals surface area contributed by atoms with Crippen LogP contribution in [0.15, 0.2) is 97.1 Å². The van der Waals surface area contributed by atoms with Crippen LogP contribution in [0.1, 0.15) is 72.6 Å². The van der Waals surface area contributed by atoms with E-state index in [0.717, 1.165) is 81.7 Å². The molecule has 6 aromatic rings. The summed E-state index contributed by atoms with van der Waals surface area (Å²) in [6.07, 6.45) is 3.47. The van der Waals surface area contributed by atoms with Crippen LogP contribution in [0.5, 0.6) is 0 Å². The second-order valence-corrected chi connectivity index (χ2v) is 12.9. The van der Waals surface area contributed by atoms with Crippen molar-refractivity contribution in [3.8, 4) is 11.1 Å². The summed E-state index contributed by atoms with van der Waals surface area (Å²) in [7, 11) is 0. The summed E-state index contributed by atoms with van der Waals surface area (Å²) < 4.78 is 0. The number of imidazole rings is 2. The number of H-pyrrole nitrogens is 2. The van der Waals surface area contributed by atoms with Crippen LogP contribution in [-0.2, 0) is 9.59 Å². The van der Waals surface area contributed by atoms with E-state index in [1.807, 2.05) is 82.6 Å². The molecule has 6 N–H and O–H groups in total. The van der Waals surface area contributed by atoms with Crippen molar-refractivity contribution in [1.82, 2.24) is 29.7 Å². The van der Waals surface area contributed by atoms with E-state index in [4.69, 9.17) is 21.4 Å². The zero-order valence-corrected chi connectivity index (χ0v) is 26.5. The Morgan fingerprint density at radius 1 is 0.625 bits per heavy atom. The number of hydrogen-bond acceptors (Lipinski definition) is 6. The maximum atomic E-state index is 13.4. The Morgan fingerprint density at radius 2 is 1.04 bits per heavy atom. The molecule has 48 heavy (non-hydrogen) atoms. The number of carbonyl (C=O) groups is 2. The Bertz CT molecular complexity index is 1960. The van der Waals surface area contributed by atoms with Crippen molar-refractivity contribution < 1.29 is 9.59 Å². The molecule has 0 spiro atoms. The lowest BCUT2D eigenvalue weighted by atomic mass is 10.0.